The molecule has 1 atom stereocenters. The zero-order chi connectivity index (χ0) is 14.4. The van der Waals surface area contributed by atoms with E-state index in [1.165, 1.54) is 11.0 Å². The lowest BCUT2D eigenvalue weighted by atomic mass is 10.1. The molecule has 2 aliphatic rings. The zero-order valence-corrected chi connectivity index (χ0v) is 12.5. The Balaban J connectivity index is 1.80. The monoisotopic (exact) mass is 340 g/mol. The maximum atomic E-state index is 13.4. The smallest absolute Gasteiger partial charge is 0.252 e. The van der Waals surface area contributed by atoms with Crippen LogP contribution in [0.1, 0.15) is 24.8 Å². The number of aryl methyl sites for hydroxylation is 1. The summed E-state index contributed by atoms with van der Waals surface area (Å²) in [5, 5.41) is 3.06. The highest BCUT2D eigenvalue weighted by Crippen LogP contribution is 2.33. The average molecular weight is 341 g/mol. The van der Waals surface area contributed by atoms with Gasteiger partial charge in [0.05, 0.1) is 10.9 Å². The fourth-order valence-corrected chi connectivity index (χ4v) is 2.81. The summed E-state index contributed by atoms with van der Waals surface area (Å²) >= 11 is 3.12. The van der Waals surface area contributed by atoms with Crippen molar-refractivity contribution in [3.8, 4) is 0 Å². The van der Waals surface area contributed by atoms with E-state index in [1.807, 2.05) is 0 Å². The number of anilines is 1. The number of carbonyl (C=O) groups is 2. The van der Waals surface area contributed by atoms with Gasteiger partial charge < -0.3 is 5.32 Å². The summed E-state index contributed by atoms with van der Waals surface area (Å²) in [5.41, 5.74) is 1.37. The lowest BCUT2D eigenvalue weighted by molar-refractivity contribution is -0.139. The number of benzene rings is 1. The summed E-state index contributed by atoms with van der Waals surface area (Å²) in [7, 11) is 0. The van der Waals surface area contributed by atoms with Crippen molar-refractivity contribution in [2.45, 2.75) is 38.3 Å². The van der Waals surface area contributed by atoms with Crippen molar-refractivity contribution in [2.75, 3.05) is 5.32 Å². The van der Waals surface area contributed by atoms with Crippen molar-refractivity contribution in [2.24, 2.45) is 0 Å². The topological polar surface area (TPSA) is 49.4 Å². The zero-order valence-electron chi connectivity index (χ0n) is 11.0. The molecule has 3 rings (SSSR count). The van der Waals surface area contributed by atoms with Gasteiger partial charge in [-0.2, -0.15) is 0 Å². The van der Waals surface area contributed by atoms with Crippen molar-refractivity contribution >= 4 is 33.4 Å². The standard InChI is InChI=1S/C14H14BrFN2O2/c1-7-4-10(16)9(15)5-11(7)17-12-6-13(19)18(14(12)20)8-2-3-8/h4-5,8,12,17H,2-3,6H2,1H3. The first-order valence-electron chi connectivity index (χ1n) is 6.55. The van der Waals surface area contributed by atoms with Crippen LogP contribution in [0.4, 0.5) is 10.1 Å². The molecule has 1 aromatic carbocycles. The molecule has 1 saturated carbocycles. The van der Waals surface area contributed by atoms with Gasteiger partial charge in [0.15, 0.2) is 0 Å². The quantitative estimate of drug-likeness (QED) is 0.860. The number of halogens is 2. The Hall–Kier alpha value is -1.43. The molecule has 0 radical (unpaired) electrons. The van der Waals surface area contributed by atoms with Gasteiger partial charge in [0, 0.05) is 11.7 Å². The first-order valence-corrected chi connectivity index (χ1v) is 7.34. The molecule has 1 unspecified atom stereocenters. The maximum absolute atomic E-state index is 13.4. The highest BCUT2D eigenvalue weighted by molar-refractivity contribution is 9.10. The number of hydrogen-bond donors (Lipinski definition) is 1. The van der Waals surface area contributed by atoms with Gasteiger partial charge in [-0.3, -0.25) is 14.5 Å². The second-order valence-corrected chi connectivity index (χ2v) is 6.17. The summed E-state index contributed by atoms with van der Waals surface area (Å²) < 4.78 is 13.7. The van der Waals surface area contributed by atoms with Crippen LogP contribution in [0, 0.1) is 12.7 Å². The Labute approximate surface area is 124 Å². The Morgan fingerprint density at radius 3 is 2.70 bits per heavy atom. The second kappa shape index (κ2) is 4.84. The number of likely N-dealkylation sites (tertiary alicyclic amines) is 1. The lowest BCUT2D eigenvalue weighted by Gasteiger charge is -2.16. The second-order valence-electron chi connectivity index (χ2n) is 5.32. The molecule has 0 bridgehead atoms. The van der Waals surface area contributed by atoms with E-state index >= 15 is 0 Å². The molecule has 20 heavy (non-hydrogen) atoms. The van der Waals surface area contributed by atoms with E-state index in [9.17, 15) is 14.0 Å². The number of nitrogens with zero attached hydrogens (tertiary/aromatic N) is 1. The molecule has 2 amide bonds. The van der Waals surface area contributed by atoms with Gasteiger partial charge in [0.1, 0.15) is 11.9 Å². The molecule has 0 spiro atoms. The minimum atomic E-state index is -0.542. The Kier molecular flexibility index (Phi) is 3.28. The van der Waals surface area contributed by atoms with E-state index in [0.29, 0.717) is 15.7 Å². The van der Waals surface area contributed by atoms with Gasteiger partial charge in [-0.25, -0.2) is 4.39 Å². The van der Waals surface area contributed by atoms with E-state index in [-0.39, 0.29) is 30.1 Å². The Morgan fingerprint density at radius 1 is 1.35 bits per heavy atom. The van der Waals surface area contributed by atoms with Gasteiger partial charge in [-0.15, -0.1) is 0 Å². The Morgan fingerprint density at radius 2 is 2.05 bits per heavy atom. The molecular weight excluding hydrogens is 327 g/mol. The lowest BCUT2D eigenvalue weighted by Crippen LogP contribution is -2.36. The van der Waals surface area contributed by atoms with Gasteiger partial charge in [0.2, 0.25) is 5.91 Å². The highest BCUT2D eigenvalue weighted by atomic mass is 79.9. The summed E-state index contributed by atoms with van der Waals surface area (Å²) in [6, 6.07) is 2.55. The molecule has 106 valence electrons. The van der Waals surface area contributed by atoms with Crippen LogP contribution in [0.3, 0.4) is 0 Å². The molecule has 1 aromatic rings. The fourth-order valence-electron chi connectivity index (χ4n) is 2.47. The first-order chi connectivity index (χ1) is 9.47. The maximum Gasteiger partial charge on any atom is 0.252 e. The largest absolute Gasteiger partial charge is 0.373 e. The van der Waals surface area contributed by atoms with Crippen LogP contribution in [0.15, 0.2) is 16.6 Å². The van der Waals surface area contributed by atoms with Gasteiger partial charge in [-0.05, 0) is 53.4 Å². The Bertz CT molecular complexity index is 601. The minimum absolute atomic E-state index is 0.0999. The fraction of sp³-hybridized carbons (Fsp3) is 0.429. The van der Waals surface area contributed by atoms with E-state index in [1.54, 1.807) is 13.0 Å². The van der Waals surface area contributed by atoms with Crippen LogP contribution in [-0.4, -0.2) is 28.8 Å². The number of rotatable bonds is 3. The van der Waals surface area contributed by atoms with Gasteiger partial charge in [-0.1, -0.05) is 0 Å². The van der Waals surface area contributed by atoms with Crippen molar-refractivity contribution in [1.29, 1.82) is 0 Å². The van der Waals surface area contributed by atoms with Gasteiger partial charge >= 0.3 is 0 Å². The third kappa shape index (κ3) is 2.32. The van der Waals surface area contributed by atoms with Crippen LogP contribution in [0.5, 0.6) is 0 Å². The van der Waals surface area contributed by atoms with Gasteiger partial charge in [0.25, 0.3) is 5.91 Å². The summed E-state index contributed by atoms with van der Waals surface area (Å²) in [6.07, 6.45) is 1.99. The van der Waals surface area contributed by atoms with E-state index in [2.05, 4.69) is 21.2 Å². The molecular formula is C14H14BrFN2O2. The summed E-state index contributed by atoms with van der Waals surface area (Å²) in [4.78, 5) is 25.5. The van der Waals surface area contributed by atoms with E-state index < -0.39 is 6.04 Å². The number of hydrogen-bond acceptors (Lipinski definition) is 3. The van der Waals surface area contributed by atoms with E-state index in [4.69, 9.17) is 0 Å². The predicted molar refractivity (Wildman–Crippen MR) is 75.7 cm³/mol. The third-order valence-electron chi connectivity index (χ3n) is 3.69. The van der Waals surface area contributed by atoms with Crippen LogP contribution in [0.2, 0.25) is 0 Å². The molecule has 1 N–H and O–H groups in total. The minimum Gasteiger partial charge on any atom is -0.373 e. The predicted octanol–water partition coefficient (Wildman–Crippen LogP) is 2.60. The highest BCUT2D eigenvalue weighted by Gasteiger charge is 2.46. The van der Waals surface area contributed by atoms with Crippen molar-refractivity contribution in [3.63, 3.8) is 0 Å². The number of amides is 2. The molecule has 0 aromatic heterocycles. The first kappa shape index (κ1) is 13.5. The van der Waals surface area contributed by atoms with Crippen molar-refractivity contribution in [1.82, 2.24) is 4.90 Å². The number of carbonyl (C=O) groups excluding carboxylic acids is 2. The number of imide groups is 1. The van der Waals surface area contributed by atoms with Crippen LogP contribution in [0.25, 0.3) is 0 Å². The molecule has 6 heteroatoms. The molecule has 4 nitrogen and oxygen atoms in total. The SMILES string of the molecule is Cc1cc(F)c(Br)cc1NC1CC(=O)N(C2CC2)C1=O. The normalized spacial score (nSPS) is 22.6. The molecule has 1 saturated heterocycles. The van der Waals surface area contributed by atoms with Crippen molar-refractivity contribution in [3.05, 3.63) is 28.0 Å². The van der Waals surface area contributed by atoms with Crippen LogP contribution < -0.4 is 5.32 Å². The van der Waals surface area contributed by atoms with Crippen LogP contribution >= 0.6 is 15.9 Å². The molecule has 2 fully saturated rings. The number of nitrogens with one attached hydrogen (secondary N) is 1. The molecule has 1 aliphatic carbocycles. The summed E-state index contributed by atoms with van der Waals surface area (Å²) in [5.74, 6) is -0.632. The van der Waals surface area contributed by atoms with Crippen molar-refractivity contribution < 1.29 is 14.0 Å². The average Bonchev–Trinajstić information content (AvgIpc) is 3.15. The molecule has 1 aliphatic heterocycles. The van der Waals surface area contributed by atoms with E-state index in [0.717, 1.165) is 12.8 Å². The molecule has 1 heterocycles. The third-order valence-corrected chi connectivity index (χ3v) is 4.30. The summed E-state index contributed by atoms with van der Waals surface area (Å²) in [6.45, 7) is 1.76. The van der Waals surface area contributed by atoms with Crippen LogP contribution in [-0.2, 0) is 9.59 Å².